The van der Waals surface area contributed by atoms with Crippen molar-refractivity contribution in [2.75, 3.05) is 6.61 Å². The number of halogens is 3. The van der Waals surface area contributed by atoms with Crippen LogP contribution in [0.5, 0.6) is 0 Å². The van der Waals surface area contributed by atoms with Crippen molar-refractivity contribution in [1.29, 1.82) is 0 Å². The summed E-state index contributed by atoms with van der Waals surface area (Å²) in [5, 5.41) is 15.5. The number of carboxylic acid groups (broad SMARTS) is 1. The number of alkyl halides is 3. The monoisotopic (exact) mass is 344 g/mol. The third-order valence-electron chi connectivity index (χ3n) is 1.40. The maximum Gasteiger partial charge on any atom is 0.303 e. The summed E-state index contributed by atoms with van der Waals surface area (Å²) in [7, 11) is 0. The van der Waals surface area contributed by atoms with Gasteiger partial charge in [0.2, 0.25) is 0 Å². The molecule has 1 rings (SSSR count). The predicted molar refractivity (Wildman–Crippen MR) is 87.8 cm³/mol. The molecule has 0 heterocycles. The smallest absolute Gasteiger partial charge is 0.303 e. The lowest BCUT2D eigenvalue weighted by molar-refractivity contribution is -0.137. The predicted octanol–water partition coefficient (Wildman–Crippen LogP) is 4.85. The largest absolute Gasteiger partial charge is 0.481 e. The van der Waals surface area contributed by atoms with E-state index in [1.807, 2.05) is 25.1 Å². The van der Waals surface area contributed by atoms with Gasteiger partial charge in [-0.1, -0.05) is 77.6 Å². The van der Waals surface area contributed by atoms with Crippen molar-refractivity contribution < 1.29 is 15.0 Å². The molecular formula is C14H23Cl3O3. The number of aliphatic carboxylic acids is 1. The van der Waals surface area contributed by atoms with Gasteiger partial charge in [0.15, 0.2) is 4.30 Å². The van der Waals surface area contributed by atoms with Gasteiger partial charge in [-0.3, -0.25) is 4.79 Å². The van der Waals surface area contributed by atoms with Crippen LogP contribution in [0.4, 0.5) is 0 Å². The summed E-state index contributed by atoms with van der Waals surface area (Å²) in [4.78, 5) is 9.60. The molecule has 0 atom stereocenters. The van der Waals surface area contributed by atoms with Gasteiger partial charge in [-0.05, 0) is 20.3 Å². The first kappa shape index (κ1) is 24.5. The summed E-state index contributed by atoms with van der Waals surface area (Å²) in [5.74, 6) is -0.711. The second-order valence-corrected chi connectivity index (χ2v) is 5.34. The quantitative estimate of drug-likeness (QED) is 0.753. The maximum absolute atomic E-state index is 9.60. The summed E-state index contributed by atoms with van der Waals surface area (Å²) < 4.78 is -0.750. The molecule has 0 radical (unpaired) electrons. The first-order valence-corrected chi connectivity index (χ1v) is 7.39. The second kappa shape index (κ2) is 20.8. The van der Waals surface area contributed by atoms with Crippen molar-refractivity contribution >= 4 is 40.8 Å². The van der Waals surface area contributed by atoms with Crippen LogP contribution < -0.4 is 0 Å². The van der Waals surface area contributed by atoms with Crippen LogP contribution in [-0.2, 0) is 4.79 Å². The zero-order valence-corrected chi connectivity index (χ0v) is 14.3. The minimum atomic E-state index is -0.750. The number of aliphatic hydroxyl groups excluding tert-OH is 1. The van der Waals surface area contributed by atoms with Crippen LogP contribution in [0.1, 0.15) is 32.3 Å². The van der Waals surface area contributed by atoms with Crippen LogP contribution in [0.15, 0.2) is 30.3 Å². The van der Waals surface area contributed by atoms with E-state index in [0.29, 0.717) is 6.42 Å². The Morgan fingerprint density at radius 3 is 1.60 bits per heavy atom. The Labute approximate surface area is 136 Å². The van der Waals surface area contributed by atoms with Crippen LogP contribution in [-0.4, -0.2) is 27.1 Å². The molecule has 0 spiro atoms. The Morgan fingerprint density at radius 1 is 1.15 bits per heavy atom. The number of aryl methyl sites for hydroxylation is 1. The molecule has 0 aromatic heterocycles. The molecule has 1 aromatic rings. The van der Waals surface area contributed by atoms with E-state index in [1.165, 1.54) is 5.56 Å². The Balaban J connectivity index is -0.000000204. The third-order valence-corrected chi connectivity index (χ3v) is 1.40. The number of carboxylic acids is 1. The Hall–Kier alpha value is -0.480. The number of hydrogen-bond donors (Lipinski definition) is 2. The molecule has 0 aliphatic carbocycles. The average molecular weight is 346 g/mol. The lowest BCUT2D eigenvalue weighted by Crippen LogP contribution is -1.90. The van der Waals surface area contributed by atoms with Crippen molar-refractivity contribution in [3.8, 4) is 0 Å². The highest BCUT2D eigenvalue weighted by Gasteiger charge is 1.87. The lowest BCUT2D eigenvalue weighted by Gasteiger charge is -1.82. The number of benzene rings is 1. The van der Waals surface area contributed by atoms with Crippen molar-refractivity contribution in [2.45, 2.75) is 37.9 Å². The Morgan fingerprint density at radius 2 is 1.50 bits per heavy atom. The Bertz CT molecular complexity index is 290. The molecule has 1 aromatic carbocycles. The molecule has 2 N–H and O–H groups in total. The molecule has 0 fully saturated rings. The first-order valence-electron chi connectivity index (χ1n) is 6.08. The first-order chi connectivity index (χ1) is 9.31. The fourth-order valence-electron chi connectivity index (χ4n) is 0.748. The van der Waals surface area contributed by atoms with Crippen LogP contribution >= 0.6 is 34.8 Å². The van der Waals surface area contributed by atoms with E-state index in [2.05, 4.69) is 19.1 Å². The summed E-state index contributed by atoms with van der Waals surface area (Å²) in [6.07, 6.45) is 1.02. The van der Waals surface area contributed by atoms with Crippen molar-refractivity contribution in [1.82, 2.24) is 0 Å². The van der Waals surface area contributed by atoms with Gasteiger partial charge in [-0.2, -0.15) is 0 Å². The van der Waals surface area contributed by atoms with Crippen LogP contribution in [0.3, 0.4) is 0 Å². The third kappa shape index (κ3) is 43.2. The van der Waals surface area contributed by atoms with E-state index >= 15 is 0 Å². The van der Waals surface area contributed by atoms with E-state index in [-0.39, 0.29) is 6.61 Å². The van der Waals surface area contributed by atoms with Gasteiger partial charge >= 0.3 is 5.97 Å². The normalized spacial score (nSPS) is 8.20. The fourth-order valence-corrected chi connectivity index (χ4v) is 0.748. The van der Waals surface area contributed by atoms with E-state index in [0.717, 1.165) is 6.42 Å². The number of rotatable bonds is 2. The topological polar surface area (TPSA) is 57.5 Å². The van der Waals surface area contributed by atoms with E-state index in [9.17, 15) is 4.79 Å². The van der Waals surface area contributed by atoms with Crippen LogP contribution in [0, 0.1) is 6.92 Å². The van der Waals surface area contributed by atoms with Crippen molar-refractivity contribution in [3.05, 3.63) is 35.9 Å². The van der Waals surface area contributed by atoms with E-state index < -0.39 is 10.3 Å². The number of hydrogen-bond acceptors (Lipinski definition) is 2. The SMILES string of the molecule is CCCC(=O)O.CCO.Cc1ccccc1.ClC(Cl)Cl. The molecule has 118 valence electrons. The van der Waals surface area contributed by atoms with Gasteiger partial charge in [0.05, 0.1) is 0 Å². The standard InChI is InChI=1S/C7H8.C4H8O2.C2H6O.CHCl3/c1-7-5-3-2-4-6-7;1-2-3-4(5)6;1-2-3;2-1(3)4/h2-6H,1H3;2-3H2,1H3,(H,5,6);3H,2H2,1H3;1H. The van der Waals surface area contributed by atoms with Crippen LogP contribution in [0.25, 0.3) is 0 Å². The van der Waals surface area contributed by atoms with Gasteiger partial charge in [0, 0.05) is 13.0 Å². The zero-order chi connectivity index (χ0) is 16.4. The maximum atomic E-state index is 9.60. The molecule has 0 amide bonds. The molecule has 0 saturated carbocycles. The van der Waals surface area contributed by atoms with Gasteiger partial charge < -0.3 is 10.2 Å². The molecule has 0 aliphatic heterocycles. The molecule has 0 saturated heterocycles. The van der Waals surface area contributed by atoms with E-state index in [1.54, 1.807) is 6.92 Å². The minimum absolute atomic E-state index is 0.250. The minimum Gasteiger partial charge on any atom is -0.481 e. The molecule has 3 nitrogen and oxygen atoms in total. The highest BCUT2D eigenvalue weighted by atomic mass is 35.6. The average Bonchev–Trinajstić information content (AvgIpc) is 2.30. The van der Waals surface area contributed by atoms with Gasteiger partial charge in [0.25, 0.3) is 0 Å². The highest BCUT2D eigenvalue weighted by molar-refractivity contribution is 6.63. The summed E-state index contributed by atoms with van der Waals surface area (Å²) in [6.45, 7) is 5.86. The highest BCUT2D eigenvalue weighted by Crippen LogP contribution is 2.03. The van der Waals surface area contributed by atoms with E-state index in [4.69, 9.17) is 45.0 Å². The molecule has 0 aliphatic rings. The van der Waals surface area contributed by atoms with Crippen molar-refractivity contribution in [3.63, 3.8) is 0 Å². The molecule has 0 bridgehead atoms. The van der Waals surface area contributed by atoms with Gasteiger partial charge in [0.1, 0.15) is 0 Å². The summed E-state index contributed by atoms with van der Waals surface area (Å²) in [6, 6.07) is 10.3. The van der Waals surface area contributed by atoms with Crippen molar-refractivity contribution in [2.24, 2.45) is 0 Å². The van der Waals surface area contributed by atoms with Gasteiger partial charge in [-0.15, -0.1) is 0 Å². The molecule has 20 heavy (non-hydrogen) atoms. The van der Waals surface area contributed by atoms with Crippen LogP contribution in [0.2, 0.25) is 0 Å². The Kier molecular flexibility index (Phi) is 25.6. The number of carbonyl (C=O) groups is 1. The summed E-state index contributed by atoms with van der Waals surface area (Å²) >= 11 is 14.4. The fraction of sp³-hybridized carbons (Fsp3) is 0.500. The second-order valence-electron chi connectivity index (χ2n) is 3.36. The number of aliphatic hydroxyl groups is 1. The molecule has 0 unspecified atom stereocenters. The molecule has 6 heteroatoms. The zero-order valence-electron chi connectivity index (χ0n) is 12.0. The summed E-state index contributed by atoms with van der Waals surface area (Å²) in [5.41, 5.74) is 1.32. The lowest BCUT2D eigenvalue weighted by atomic mass is 10.2. The molecular weight excluding hydrogens is 323 g/mol. The van der Waals surface area contributed by atoms with Gasteiger partial charge in [-0.25, -0.2) is 0 Å².